The molecule has 0 aromatic heterocycles. The van der Waals surface area contributed by atoms with Crippen LogP contribution in [0.4, 0.5) is 0 Å². The number of ether oxygens (including phenoxy) is 1. The van der Waals surface area contributed by atoms with E-state index >= 15 is 0 Å². The van der Waals surface area contributed by atoms with Gasteiger partial charge in [0, 0.05) is 12.8 Å². The molecule has 1 atom stereocenters. The monoisotopic (exact) mass is 479 g/mol. The third kappa shape index (κ3) is 5.58. The summed E-state index contributed by atoms with van der Waals surface area (Å²) in [6.45, 7) is 5.53. The zero-order valence-corrected chi connectivity index (χ0v) is 20.9. The Labute approximate surface area is 212 Å². The summed E-state index contributed by atoms with van der Waals surface area (Å²) in [5, 5.41) is 0. The highest BCUT2D eigenvalue weighted by Gasteiger charge is 2.35. The van der Waals surface area contributed by atoms with E-state index in [1.165, 1.54) is 4.90 Å². The van der Waals surface area contributed by atoms with Crippen LogP contribution in [0.1, 0.15) is 78.3 Å². The average Bonchev–Trinajstić information content (AvgIpc) is 3.09. The maximum Gasteiger partial charge on any atom is 0.312 e. The van der Waals surface area contributed by atoms with Crippen molar-refractivity contribution in [2.75, 3.05) is 0 Å². The number of imide groups is 1. The lowest BCUT2D eigenvalue weighted by Crippen LogP contribution is -2.29. The Bertz CT molecular complexity index is 1320. The predicted molar refractivity (Wildman–Crippen MR) is 138 cm³/mol. The standard InChI is InChI=1S/C31H29NO4/c1-31(2,3)30(35)36-27-19-9-7-5-4-6-8-15-23(27)20-22-14-10-11-16-24(22)21-32-28(33)25-17-12-13-18-26(25)29(32)34/h10-14,16-18,20,27H,4-7,21H2,1-3H3/b23-20+. The maximum absolute atomic E-state index is 12.9. The molecule has 4 rings (SSSR count). The van der Waals surface area contributed by atoms with Crippen LogP contribution in [0.5, 0.6) is 0 Å². The zero-order valence-electron chi connectivity index (χ0n) is 20.9. The fourth-order valence-electron chi connectivity index (χ4n) is 3.93. The van der Waals surface area contributed by atoms with Gasteiger partial charge >= 0.3 is 5.97 Å². The summed E-state index contributed by atoms with van der Waals surface area (Å²) < 4.78 is 5.82. The van der Waals surface area contributed by atoms with E-state index < -0.39 is 11.5 Å². The molecule has 2 amide bonds. The first-order valence-electron chi connectivity index (χ1n) is 12.2. The minimum Gasteiger partial charge on any atom is -0.443 e. The van der Waals surface area contributed by atoms with Gasteiger partial charge in [-0.3, -0.25) is 19.3 Å². The Morgan fingerprint density at radius 1 is 0.972 bits per heavy atom. The normalized spacial score (nSPS) is 18.6. The third-order valence-corrected chi connectivity index (χ3v) is 6.01. The summed E-state index contributed by atoms with van der Waals surface area (Å²) in [5.41, 5.74) is 2.30. The molecule has 0 fully saturated rings. The van der Waals surface area contributed by atoms with E-state index in [0.29, 0.717) is 16.7 Å². The number of carbonyl (C=O) groups excluding carboxylic acids is 3. The van der Waals surface area contributed by atoms with E-state index in [9.17, 15) is 14.4 Å². The Kier molecular flexibility index (Phi) is 7.41. The second kappa shape index (κ2) is 10.7. The number of nitrogens with zero attached hydrogens (tertiary/aromatic N) is 1. The second-order valence-corrected chi connectivity index (χ2v) is 9.91. The number of hydrogen-bond donors (Lipinski definition) is 0. The molecule has 1 unspecified atom stereocenters. The number of esters is 1. The highest BCUT2D eigenvalue weighted by molar-refractivity contribution is 6.21. The SMILES string of the molecule is CC(C)(C)C(=O)OC1C#CCCCCC#C/C1=C\c1ccccc1CN1C(=O)c2ccccc2C1=O. The van der Waals surface area contributed by atoms with E-state index in [4.69, 9.17) is 4.74 Å². The third-order valence-electron chi connectivity index (χ3n) is 6.01. The largest absolute Gasteiger partial charge is 0.443 e. The van der Waals surface area contributed by atoms with Gasteiger partial charge in [-0.15, -0.1) is 0 Å². The molecule has 2 aliphatic rings. The molecular weight excluding hydrogens is 450 g/mol. The molecule has 1 aliphatic heterocycles. The average molecular weight is 480 g/mol. The van der Waals surface area contributed by atoms with Crippen molar-refractivity contribution < 1.29 is 19.1 Å². The van der Waals surface area contributed by atoms with E-state index in [1.54, 1.807) is 45.0 Å². The minimum absolute atomic E-state index is 0.123. The van der Waals surface area contributed by atoms with Crippen LogP contribution in [-0.4, -0.2) is 28.8 Å². The number of amides is 2. The molecule has 0 spiro atoms. The molecule has 2 aromatic rings. The van der Waals surface area contributed by atoms with Crippen molar-refractivity contribution in [2.45, 2.75) is 59.1 Å². The van der Waals surface area contributed by atoms with Gasteiger partial charge in [0.2, 0.25) is 0 Å². The molecule has 0 radical (unpaired) electrons. The summed E-state index contributed by atoms with van der Waals surface area (Å²) in [5.74, 6) is 11.6. The summed E-state index contributed by atoms with van der Waals surface area (Å²) in [4.78, 5) is 39.8. The quantitative estimate of drug-likeness (QED) is 0.334. The molecule has 36 heavy (non-hydrogen) atoms. The maximum atomic E-state index is 12.9. The molecule has 2 aromatic carbocycles. The van der Waals surface area contributed by atoms with Gasteiger partial charge in [-0.05, 0) is 62.9 Å². The molecule has 1 aliphatic carbocycles. The van der Waals surface area contributed by atoms with Gasteiger partial charge < -0.3 is 4.74 Å². The second-order valence-electron chi connectivity index (χ2n) is 9.91. The summed E-state index contributed by atoms with van der Waals surface area (Å²) in [7, 11) is 0. The molecule has 0 N–H and O–H groups in total. The minimum atomic E-state index is -0.797. The van der Waals surface area contributed by atoms with Crippen LogP contribution in [0.25, 0.3) is 6.08 Å². The van der Waals surface area contributed by atoms with E-state index in [2.05, 4.69) is 23.7 Å². The van der Waals surface area contributed by atoms with Gasteiger partial charge in [0.05, 0.1) is 28.7 Å². The highest BCUT2D eigenvalue weighted by atomic mass is 16.5. The van der Waals surface area contributed by atoms with E-state index in [-0.39, 0.29) is 24.3 Å². The number of fused-ring (bicyclic) bond motifs is 1. The van der Waals surface area contributed by atoms with Crippen LogP contribution in [0.2, 0.25) is 0 Å². The Morgan fingerprint density at radius 2 is 1.58 bits per heavy atom. The van der Waals surface area contributed by atoms with Crippen LogP contribution in [-0.2, 0) is 16.1 Å². The van der Waals surface area contributed by atoms with Crippen molar-refractivity contribution in [2.24, 2.45) is 5.41 Å². The first-order chi connectivity index (χ1) is 17.3. The van der Waals surface area contributed by atoms with Gasteiger partial charge in [-0.1, -0.05) is 60.1 Å². The lowest BCUT2D eigenvalue weighted by Gasteiger charge is -2.21. The van der Waals surface area contributed by atoms with Crippen LogP contribution in [0, 0.1) is 29.1 Å². The fraction of sp³-hybridized carbons (Fsp3) is 0.323. The zero-order chi connectivity index (χ0) is 25.7. The number of hydrogen-bond acceptors (Lipinski definition) is 4. The summed E-state index contributed by atoms with van der Waals surface area (Å²) >= 11 is 0. The Balaban J connectivity index is 1.69. The summed E-state index contributed by atoms with van der Waals surface area (Å²) in [6.07, 6.45) is 4.42. The molecule has 0 saturated heterocycles. The van der Waals surface area contributed by atoms with Gasteiger partial charge in [0.1, 0.15) is 0 Å². The van der Waals surface area contributed by atoms with Crippen LogP contribution in [0.3, 0.4) is 0 Å². The molecule has 1 heterocycles. The smallest absolute Gasteiger partial charge is 0.312 e. The lowest BCUT2D eigenvalue weighted by atomic mass is 9.96. The topological polar surface area (TPSA) is 63.7 Å². The van der Waals surface area contributed by atoms with Crippen molar-refractivity contribution in [1.29, 1.82) is 0 Å². The molecule has 0 bridgehead atoms. The first kappa shape index (κ1) is 25.0. The Morgan fingerprint density at radius 3 is 2.25 bits per heavy atom. The van der Waals surface area contributed by atoms with Gasteiger partial charge in [-0.25, -0.2) is 0 Å². The van der Waals surface area contributed by atoms with Crippen molar-refractivity contribution >= 4 is 23.9 Å². The van der Waals surface area contributed by atoms with Gasteiger partial charge in [-0.2, -0.15) is 0 Å². The molecule has 0 saturated carbocycles. The van der Waals surface area contributed by atoms with Crippen molar-refractivity contribution in [3.05, 3.63) is 76.4 Å². The molecule has 5 heteroatoms. The summed E-state index contributed by atoms with van der Waals surface area (Å²) in [6, 6.07) is 14.4. The van der Waals surface area contributed by atoms with E-state index in [1.807, 2.05) is 30.3 Å². The van der Waals surface area contributed by atoms with Crippen molar-refractivity contribution in [3.8, 4) is 23.7 Å². The molecular formula is C31H29NO4. The molecule has 5 nitrogen and oxygen atoms in total. The van der Waals surface area contributed by atoms with Crippen molar-refractivity contribution in [1.82, 2.24) is 4.90 Å². The first-order valence-corrected chi connectivity index (χ1v) is 12.2. The van der Waals surface area contributed by atoms with E-state index in [0.717, 1.165) is 36.8 Å². The Hall–Kier alpha value is -4.09. The predicted octanol–water partition coefficient (Wildman–Crippen LogP) is 5.40. The highest BCUT2D eigenvalue weighted by Crippen LogP contribution is 2.27. The van der Waals surface area contributed by atoms with Crippen molar-refractivity contribution in [3.63, 3.8) is 0 Å². The van der Waals surface area contributed by atoms with Crippen LogP contribution < -0.4 is 0 Å². The van der Waals surface area contributed by atoms with Crippen LogP contribution in [0.15, 0.2) is 54.1 Å². The number of rotatable bonds is 4. The number of carbonyl (C=O) groups is 3. The van der Waals surface area contributed by atoms with Crippen LogP contribution >= 0.6 is 0 Å². The fourth-order valence-corrected chi connectivity index (χ4v) is 3.93. The van der Waals surface area contributed by atoms with Gasteiger partial charge in [0.25, 0.3) is 11.8 Å². The lowest BCUT2D eigenvalue weighted by molar-refractivity contribution is -0.154. The number of benzene rings is 2. The van der Waals surface area contributed by atoms with Gasteiger partial charge in [0.15, 0.2) is 6.10 Å². The molecule has 182 valence electrons.